The summed E-state index contributed by atoms with van der Waals surface area (Å²) >= 11 is 0. The molecule has 0 unspecified atom stereocenters. The summed E-state index contributed by atoms with van der Waals surface area (Å²) in [6.45, 7) is 2.39. The highest BCUT2D eigenvalue weighted by Crippen LogP contribution is 2.30. The van der Waals surface area contributed by atoms with Gasteiger partial charge in [0.2, 0.25) is 5.91 Å². The molecule has 0 saturated carbocycles. The van der Waals surface area contributed by atoms with E-state index in [0.717, 1.165) is 16.9 Å². The van der Waals surface area contributed by atoms with Crippen molar-refractivity contribution in [2.24, 2.45) is 0 Å². The van der Waals surface area contributed by atoms with E-state index in [0.29, 0.717) is 24.4 Å². The summed E-state index contributed by atoms with van der Waals surface area (Å²) in [5.41, 5.74) is 1.77. The average Bonchev–Trinajstić information content (AvgIpc) is 3.03. The molecule has 160 valence electrons. The number of ether oxygens (including phenoxy) is 1. The van der Waals surface area contributed by atoms with Crippen LogP contribution in [-0.4, -0.2) is 54.4 Å². The van der Waals surface area contributed by atoms with Crippen LogP contribution in [0.4, 0.5) is 4.79 Å². The Kier molecular flexibility index (Phi) is 5.50. The van der Waals surface area contributed by atoms with Crippen molar-refractivity contribution in [3.05, 3.63) is 71.8 Å². The number of carbonyl (C=O) groups excluding carboxylic acids is 3. The maximum atomic E-state index is 13.1. The number of hydrogen-bond donors (Lipinski definition) is 1. The monoisotopic (exact) mass is 419 g/mol. The molecule has 1 N–H and O–H groups in total. The zero-order valence-corrected chi connectivity index (χ0v) is 17.6. The van der Waals surface area contributed by atoms with Crippen LogP contribution in [0.25, 0.3) is 5.57 Å². The van der Waals surface area contributed by atoms with Crippen LogP contribution in [0.3, 0.4) is 0 Å². The first-order valence-corrected chi connectivity index (χ1v) is 10.2. The van der Waals surface area contributed by atoms with Gasteiger partial charge in [0, 0.05) is 13.1 Å². The second-order valence-corrected chi connectivity index (χ2v) is 7.86. The van der Waals surface area contributed by atoms with E-state index in [1.165, 1.54) is 5.57 Å². The minimum Gasteiger partial charge on any atom is -0.497 e. The molecule has 2 aromatic rings. The topological polar surface area (TPSA) is 79.0 Å². The minimum absolute atomic E-state index is 0.245. The number of amides is 4. The Balaban J connectivity index is 1.43. The first-order valence-electron chi connectivity index (χ1n) is 10.2. The Morgan fingerprint density at radius 1 is 1.10 bits per heavy atom. The van der Waals surface area contributed by atoms with Crippen molar-refractivity contribution in [1.82, 2.24) is 15.1 Å². The van der Waals surface area contributed by atoms with E-state index >= 15 is 0 Å². The second-order valence-electron chi connectivity index (χ2n) is 7.86. The van der Waals surface area contributed by atoms with Crippen molar-refractivity contribution in [3.63, 3.8) is 0 Å². The Labute approximate surface area is 181 Å². The SMILES string of the molecule is COc1ccc([C@@]2(C)NC(=O)N(CC(=O)N3CC=C(c4ccccc4)CC3)C2=O)cc1. The lowest BCUT2D eigenvalue weighted by atomic mass is 9.92. The molecule has 2 aliphatic rings. The predicted molar refractivity (Wildman–Crippen MR) is 116 cm³/mol. The summed E-state index contributed by atoms with van der Waals surface area (Å²) in [5.74, 6) is -0.0245. The Morgan fingerprint density at radius 3 is 2.42 bits per heavy atom. The smallest absolute Gasteiger partial charge is 0.325 e. The Bertz CT molecular complexity index is 1030. The second kappa shape index (κ2) is 8.26. The van der Waals surface area contributed by atoms with Gasteiger partial charge in [-0.05, 0) is 42.2 Å². The summed E-state index contributed by atoms with van der Waals surface area (Å²) in [6, 6.07) is 16.4. The van der Waals surface area contributed by atoms with Gasteiger partial charge in [0.1, 0.15) is 17.8 Å². The van der Waals surface area contributed by atoms with Crippen molar-refractivity contribution >= 4 is 23.4 Å². The molecular weight excluding hydrogens is 394 g/mol. The molecule has 0 aliphatic carbocycles. The van der Waals surface area contributed by atoms with Crippen LogP contribution in [0, 0.1) is 0 Å². The molecule has 1 fully saturated rings. The fraction of sp³-hybridized carbons (Fsp3) is 0.292. The Hall–Kier alpha value is -3.61. The first-order chi connectivity index (χ1) is 14.9. The number of rotatable bonds is 5. The third kappa shape index (κ3) is 3.91. The molecule has 0 radical (unpaired) electrons. The summed E-state index contributed by atoms with van der Waals surface area (Å²) in [4.78, 5) is 41.1. The first kappa shape index (κ1) is 20.7. The number of carbonyl (C=O) groups is 3. The number of imide groups is 1. The van der Waals surface area contributed by atoms with E-state index in [-0.39, 0.29) is 12.5 Å². The molecule has 7 heteroatoms. The zero-order chi connectivity index (χ0) is 22.0. The van der Waals surface area contributed by atoms with Crippen LogP contribution in [-0.2, 0) is 15.1 Å². The number of nitrogens with zero attached hydrogens (tertiary/aromatic N) is 2. The summed E-state index contributed by atoms with van der Waals surface area (Å²) < 4.78 is 5.15. The standard InChI is InChI=1S/C24H25N3O4/c1-24(19-8-10-20(31-2)11-9-19)22(29)27(23(30)25-24)16-21(28)26-14-12-18(13-15-26)17-6-4-3-5-7-17/h3-12H,13-16H2,1-2H3,(H,25,30)/t24-/m1/s1. The van der Waals surface area contributed by atoms with Crippen molar-refractivity contribution in [2.75, 3.05) is 26.7 Å². The van der Waals surface area contributed by atoms with E-state index in [1.54, 1.807) is 43.2 Å². The van der Waals surface area contributed by atoms with Gasteiger partial charge in [0.25, 0.3) is 5.91 Å². The van der Waals surface area contributed by atoms with Crippen molar-refractivity contribution in [2.45, 2.75) is 18.9 Å². The van der Waals surface area contributed by atoms with E-state index in [4.69, 9.17) is 4.74 Å². The molecular formula is C24H25N3O4. The van der Waals surface area contributed by atoms with Gasteiger partial charge >= 0.3 is 6.03 Å². The van der Waals surface area contributed by atoms with Crippen molar-refractivity contribution in [3.8, 4) is 5.75 Å². The number of hydrogen-bond acceptors (Lipinski definition) is 4. The van der Waals surface area contributed by atoms with Crippen LogP contribution in [0.5, 0.6) is 5.75 Å². The van der Waals surface area contributed by atoms with Gasteiger partial charge in [-0.15, -0.1) is 0 Å². The predicted octanol–water partition coefficient (Wildman–Crippen LogP) is 2.78. The molecule has 1 atom stereocenters. The molecule has 0 aromatic heterocycles. The molecule has 0 bridgehead atoms. The van der Waals surface area contributed by atoms with Gasteiger partial charge in [0.15, 0.2) is 0 Å². The van der Waals surface area contributed by atoms with Gasteiger partial charge < -0.3 is 15.0 Å². The van der Waals surface area contributed by atoms with E-state index in [2.05, 4.69) is 17.4 Å². The highest BCUT2D eigenvalue weighted by atomic mass is 16.5. The fourth-order valence-corrected chi connectivity index (χ4v) is 4.01. The van der Waals surface area contributed by atoms with Gasteiger partial charge in [0.05, 0.1) is 7.11 Å². The highest BCUT2D eigenvalue weighted by Gasteiger charge is 2.49. The average molecular weight is 419 g/mol. The number of benzene rings is 2. The normalized spacial score (nSPS) is 21.0. The van der Waals surface area contributed by atoms with Crippen LogP contribution < -0.4 is 10.1 Å². The third-order valence-corrected chi connectivity index (χ3v) is 5.94. The van der Waals surface area contributed by atoms with Crippen LogP contribution in [0.15, 0.2) is 60.7 Å². The summed E-state index contributed by atoms with van der Waals surface area (Å²) in [5, 5.41) is 2.73. The third-order valence-electron chi connectivity index (χ3n) is 5.94. The molecule has 31 heavy (non-hydrogen) atoms. The lowest BCUT2D eigenvalue weighted by Gasteiger charge is -2.28. The van der Waals surface area contributed by atoms with Gasteiger partial charge in [-0.3, -0.25) is 14.5 Å². The number of nitrogens with one attached hydrogen (secondary N) is 1. The molecule has 2 heterocycles. The maximum absolute atomic E-state index is 13.1. The summed E-state index contributed by atoms with van der Waals surface area (Å²) in [7, 11) is 1.56. The molecule has 7 nitrogen and oxygen atoms in total. The zero-order valence-electron chi connectivity index (χ0n) is 17.6. The Morgan fingerprint density at radius 2 is 1.81 bits per heavy atom. The molecule has 4 amide bonds. The van der Waals surface area contributed by atoms with Gasteiger partial charge in [-0.1, -0.05) is 48.5 Å². The van der Waals surface area contributed by atoms with Crippen LogP contribution in [0.1, 0.15) is 24.5 Å². The molecule has 0 spiro atoms. The largest absolute Gasteiger partial charge is 0.497 e. The van der Waals surface area contributed by atoms with Crippen LogP contribution >= 0.6 is 0 Å². The van der Waals surface area contributed by atoms with E-state index in [9.17, 15) is 14.4 Å². The number of urea groups is 1. The van der Waals surface area contributed by atoms with Crippen molar-refractivity contribution in [1.29, 1.82) is 0 Å². The molecule has 4 rings (SSSR count). The quantitative estimate of drug-likeness (QED) is 0.756. The minimum atomic E-state index is -1.22. The van der Waals surface area contributed by atoms with Crippen molar-refractivity contribution < 1.29 is 19.1 Å². The summed E-state index contributed by atoms with van der Waals surface area (Å²) in [6.07, 6.45) is 2.77. The number of methoxy groups -OCH3 is 1. The lowest BCUT2D eigenvalue weighted by molar-refractivity contribution is -0.138. The fourth-order valence-electron chi connectivity index (χ4n) is 4.01. The van der Waals surface area contributed by atoms with Crippen LogP contribution in [0.2, 0.25) is 0 Å². The van der Waals surface area contributed by atoms with E-state index in [1.807, 2.05) is 24.3 Å². The molecule has 2 aliphatic heterocycles. The highest BCUT2D eigenvalue weighted by molar-refractivity contribution is 6.09. The van der Waals surface area contributed by atoms with Gasteiger partial charge in [-0.25, -0.2) is 4.79 Å². The maximum Gasteiger partial charge on any atom is 0.325 e. The molecule has 1 saturated heterocycles. The van der Waals surface area contributed by atoms with E-state index < -0.39 is 17.5 Å². The molecule has 2 aromatic carbocycles. The van der Waals surface area contributed by atoms with Gasteiger partial charge in [-0.2, -0.15) is 0 Å². The lowest BCUT2D eigenvalue weighted by Crippen LogP contribution is -2.45.